The fourth-order valence-electron chi connectivity index (χ4n) is 3.75. The first-order valence-corrected chi connectivity index (χ1v) is 10.4. The predicted molar refractivity (Wildman–Crippen MR) is 118 cm³/mol. The topological polar surface area (TPSA) is 78.8 Å². The molecule has 1 saturated carbocycles. The maximum absolute atomic E-state index is 12.3. The van der Waals surface area contributed by atoms with Gasteiger partial charge in [0.15, 0.2) is 6.61 Å². The average Bonchev–Trinajstić information content (AvgIpc) is 3.55. The van der Waals surface area contributed by atoms with Gasteiger partial charge in [-0.25, -0.2) is 4.79 Å². The molecule has 3 rings (SSSR count). The van der Waals surface area contributed by atoms with Crippen LogP contribution < -0.4 is 14.8 Å². The molecule has 1 aromatic carbocycles. The average molecular weight is 427 g/mol. The minimum atomic E-state index is -0.557. The summed E-state index contributed by atoms with van der Waals surface area (Å²) >= 11 is 0. The van der Waals surface area contributed by atoms with E-state index in [1.54, 1.807) is 38.5 Å². The van der Waals surface area contributed by atoms with Crippen LogP contribution in [0.3, 0.4) is 0 Å². The fraction of sp³-hybridized carbons (Fsp3) is 0.417. The number of hydrogen-bond acceptors (Lipinski definition) is 5. The number of ether oxygens (including phenoxy) is 3. The van der Waals surface area contributed by atoms with Crippen LogP contribution >= 0.6 is 0 Å². The molecule has 1 heterocycles. The number of benzene rings is 1. The van der Waals surface area contributed by atoms with Gasteiger partial charge in [-0.1, -0.05) is 0 Å². The zero-order valence-electron chi connectivity index (χ0n) is 18.7. The van der Waals surface area contributed by atoms with Gasteiger partial charge < -0.3 is 24.1 Å². The Morgan fingerprint density at radius 3 is 2.58 bits per heavy atom. The highest BCUT2D eigenvalue weighted by Crippen LogP contribution is 2.38. The van der Waals surface area contributed by atoms with Crippen LogP contribution in [0.2, 0.25) is 0 Å². The van der Waals surface area contributed by atoms with Crippen LogP contribution in [0.4, 0.5) is 0 Å². The van der Waals surface area contributed by atoms with Crippen molar-refractivity contribution >= 4 is 18.0 Å². The lowest BCUT2D eigenvalue weighted by atomic mass is 10.1. The summed E-state index contributed by atoms with van der Waals surface area (Å²) in [6, 6.07) is 7.67. The number of carbonyl (C=O) groups excluding carboxylic acids is 2. The van der Waals surface area contributed by atoms with Crippen molar-refractivity contribution in [3.8, 4) is 11.5 Å². The van der Waals surface area contributed by atoms with Crippen LogP contribution in [0.1, 0.15) is 54.4 Å². The Morgan fingerprint density at radius 1 is 1.19 bits per heavy atom. The van der Waals surface area contributed by atoms with E-state index in [1.807, 2.05) is 6.92 Å². The number of nitrogens with zero attached hydrogens (tertiary/aromatic N) is 1. The van der Waals surface area contributed by atoms with Crippen LogP contribution in [0.25, 0.3) is 6.08 Å². The van der Waals surface area contributed by atoms with Crippen LogP contribution in [0.15, 0.2) is 30.3 Å². The monoisotopic (exact) mass is 426 g/mol. The van der Waals surface area contributed by atoms with E-state index in [1.165, 1.54) is 24.6 Å². The molecule has 1 atom stereocenters. The second-order valence-electron chi connectivity index (χ2n) is 7.77. The third kappa shape index (κ3) is 5.48. The second kappa shape index (κ2) is 9.73. The maximum atomic E-state index is 12.3. The van der Waals surface area contributed by atoms with Crippen LogP contribution in [0, 0.1) is 13.8 Å². The molecule has 1 fully saturated rings. The van der Waals surface area contributed by atoms with Crippen molar-refractivity contribution in [2.45, 2.75) is 45.7 Å². The van der Waals surface area contributed by atoms with Crippen molar-refractivity contribution in [3.63, 3.8) is 0 Å². The number of esters is 1. The predicted octanol–water partition coefficient (Wildman–Crippen LogP) is 3.89. The van der Waals surface area contributed by atoms with Gasteiger partial charge in [0.2, 0.25) is 0 Å². The number of aryl methyl sites for hydroxylation is 1. The number of methoxy groups -OCH3 is 2. The van der Waals surface area contributed by atoms with Gasteiger partial charge >= 0.3 is 5.97 Å². The molecule has 1 N–H and O–H groups in total. The van der Waals surface area contributed by atoms with E-state index in [0.29, 0.717) is 17.5 Å². The Bertz CT molecular complexity index is 988. The summed E-state index contributed by atoms with van der Waals surface area (Å²) in [4.78, 5) is 24.3. The standard InChI is InChI=1S/C24H30N2O5/c1-15-12-18(17(3)26(15)19-7-8-19)6-11-24(28)31-14-23(27)25-16(2)21-13-20(29-4)9-10-22(21)30-5/h6,9-13,16,19H,7-8,14H2,1-5H3,(H,25,27)/b11-6+/t16-/m0/s1. The highest BCUT2D eigenvalue weighted by atomic mass is 16.5. The van der Waals surface area contributed by atoms with Gasteiger partial charge in [0.1, 0.15) is 11.5 Å². The molecule has 1 aliphatic rings. The summed E-state index contributed by atoms with van der Waals surface area (Å²) in [5, 5.41) is 2.81. The Morgan fingerprint density at radius 2 is 1.94 bits per heavy atom. The smallest absolute Gasteiger partial charge is 0.331 e. The molecule has 1 amide bonds. The Labute approximate surface area is 183 Å². The summed E-state index contributed by atoms with van der Waals surface area (Å²) in [7, 11) is 3.14. The van der Waals surface area contributed by atoms with Gasteiger partial charge in [-0.15, -0.1) is 0 Å². The number of rotatable bonds is 9. The number of amides is 1. The lowest BCUT2D eigenvalue weighted by molar-refractivity contribution is -0.144. The van der Waals surface area contributed by atoms with Crippen LogP contribution in [-0.2, 0) is 14.3 Å². The molecule has 31 heavy (non-hydrogen) atoms. The molecule has 1 aromatic heterocycles. The van der Waals surface area contributed by atoms with Crippen molar-refractivity contribution in [2.24, 2.45) is 0 Å². The van der Waals surface area contributed by atoms with E-state index >= 15 is 0 Å². The first-order valence-electron chi connectivity index (χ1n) is 10.4. The lowest BCUT2D eigenvalue weighted by Gasteiger charge is -2.18. The molecule has 0 aliphatic heterocycles. The van der Waals surface area contributed by atoms with E-state index < -0.39 is 11.9 Å². The lowest BCUT2D eigenvalue weighted by Crippen LogP contribution is -2.31. The van der Waals surface area contributed by atoms with E-state index in [9.17, 15) is 9.59 Å². The summed E-state index contributed by atoms with van der Waals surface area (Å²) in [6.07, 6.45) is 5.51. The molecule has 0 unspecified atom stereocenters. The van der Waals surface area contributed by atoms with Gasteiger partial charge in [-0.05, 0) is 69.5 Å². The molecule has 0 saturated heterocycles. The number of hydrogen-bond donors (Lipinski definition) is 1. The van der Waals surface area contributed by atoms with Gasteiger partial charge in [0, 0.05) is 29.1 Å². The zero-order chi connectivity index (χ0) is 22.5. The van der Waals surface area contributed by atoms with E-state index in [2.05, 4.69) is 29.8 Å². The van der Waals surface area contributed by atoms with Gasteiger partial charge in [0.05, 0.1) is 20.3 Å². The number of carbonyl (C=O) groups is 2. The van der Waals surface area contributed by atoms with E-state index in [0.717, 1.165) is 16.8 Å². The third-order valence-electron chi connectivity index (χ3n) is 5.46. The quantitative estimate of drug-likeness (QED) is 0.486. The number of aromatic nitrogens is 1. The SMILES string of the molecule is COc1ccc(OC)c([C@H](C)NC(=O)COC(=O)/C=C/c2cc(C)n(C3CC3)c2C)c1. The molecule has 2 aromatic rings. The first kappa shape index (κ1) is 22.5. The molecule has 0 radical (unpaired) electrons. The molecule has 0 spiro atoms. The molecule has 7 nitrogen and oxygen atoms in total. The summed E-state index contributed by atoms with van der Waals surface area (Å²) in [6.45, 7) is 5.59. The molecule has 166 valence electrons. The minimum absolute atomic E-state index is 0.348. The molecule has 0 bridgehead atoms. The Balaban J connectivity index is 1.53. The fourth-order valence-corrected chi connectivity index (χ4v) is 3.75. The van der Waals surface area contributed by atoms with Gasteiger partial charge in [-0.3, -0.25) is 4.79 Å². The van der Waals surface area contributed by atoms with Crippen LogP contribution in [0.5, 0.6) is 11.5 Å². The van der Waals surface area contributed by atoms with Crippen molar-refractivity contribution in [1.82, 2.24) is 9.88 Å². The largest absolute Gasteiger partial charge is 0.497 e. The summed E-state index contributed by atoms with van der Waals surface area (Å²) < 4.78 is 18.0. The normalized spacial score (nSPS) is 14.4. The molecule has 7 heteroatoms. The zero-order valence-corrected chi connectivity index (χ0v) is 18.7. The van der Waals surface area contributed by atoms with E-state index in [-0.39, 0.29) is 12.6 Å². The van der Waals surface area contributed by atoms with Gasteiger partial charge in [-0.2, -0.15) is 0 Å². The summed E-state index contributed by atoms with van der Waals surface area (Å²) in [5.74, 6) is 0.343. The van der Waals surface area contributed by atoms with Crippen molar-refractivity contribution in [3.05, 3.63) is 52.9 Å². The van der Waals surface area contributed by atoms with Crippen LogP contribution in [-0.4, -0.2) is 37.3 Å². The Kier molecular flexibility index (Phi) is 7.05. The van der Waals surface area contributed by atoms with Crippen molar-refractivity contribution < 1.29 is 23.8 Å². The minimum Gasteiger partial charge on any atom is -0.497 e. The first-order chi connectivity index (χ1) is 14.8. The Hall–Kier alpha value is -3.22. The molecular weight excluding hydrogens is 396 g/mol. The number of nitrogens with one attached hydrogen (secondary N) is 1. The molecular formula is C24H30N2O5. The highest BCUT2D eigenvalue weighted by molar-refractivity contribution is 5.89. The van der Waals surface area contributed by atoms with Crippen molar-refractivity contribution in [2.75, 3.05) is 20.8 Å². The molecule has 1 aliphatic carbocycles. The second-order valence-corrected chi connectivity index (χ2v) is 7.77. The van der Waals surface area contributed by atoms with Crippen molar-refractivity contribution in [1.29, 1.82) is 0 Å². The highest BCUT2D eigenvalue weighted by Gasteiger charge is 2.26. The summed E-state index contributed by atoms with van der Waals surface area (Å²) in [5.41, 5.74) is 4.09. The third-order valence-corrected chi connectivity index (χ3v) is 5.46. The van der Waals surface area contributed by atoms with E-state index in [4.69, 9.17) is 14.2 Å². The van der Waals surface area contributed by atoms with Gasteiger partial charge in [0.25, 0.3) is 5.91 Å². The maximum Gasteiger partial charge on any atom is 0.331 e.